The van der Waals surface area contributed by atoms with Crippen LogP contribution in [0.3, 0.4) is 0 Å². The van der Waals surface area contributed by atoms with Gasteiger partial charge in [-0.1, -0.05) is 42.2 Å². The lowest BCUT2D eigenvalue weighted by atomic mass is 10.0. The molecule has 156 valence electrons. The molecule has 0 aliphatic carbocycles. The number of Topliss-reactive ketones (excluding diaryl/α,β-unsaturated/α-hetero) is 1. The van der Waals surface area contributed by atoms with E-state index in [2.05, 4.69) is 11.8 Å². The molecule has 3 rings (SSSR count). The van der Waals surface area contributed by atoms with Crippen LogP contribution < -0.4 is 0 Å². The van der Waals surface area contributed by atoms with Gasteiger partial charge >= 0.3 is 5.97 Å². The van der Waals surface area contributed by atoms with Crippen molar-refractivity contribution in [3.05, 3.63) is 95.1 Å². The van der Waals surface area contributed by atoms with Crippen LogP contribution in [0.1, 0.15) is 35.2 Å². The van der Waals surface area contributed by atoms with Gasteiger partial charge in [-0.15, -0.1) is 0 Å². The molecular formula is C25H20FNO4. The highest BCUT2D eigenvalue weighted by Gasteiger charge is 2.30. The van der Waals surface area contributed by atoms with Gasteiger partial charge in [-0.25, -0.2) is 9.18 Å². The first kappa shape index (κ1) is 21.7. The number of esters is 1. The minimum Gasteiger partial charge on any atom is -0.460 e. The van der Waals surface area contributed by atoms with E-state index in [-0.39, 0.29) is 19.0 Å². The molecule has 0 saturated carbocycles. The molecule has 0 aliphatic heterocycles. The average Bonchev–Trinajstić information content (AvgIpc) is 3.17. The molecule has 1 atom stereocenters. The number of aromatic nitrogens is 1. The number of hydrogen-bond donors (Lipinski definition) is 0. The molecule has 1 heterocycles. The average molecular weight is 417 g/mol. The number of ketones is 1. The molecule has 1 aromatic heterocycles. The molecule has 3 aromatic rings. The summed E-state index contributed by atoms with van der Waals surface area (Å²) in [5, 5.41) is 0. The SMILES string of the molecule is CCOC(=O)C(=O)C(C=O)c1cc(C#Cc2ccccc2)cn1Cc1ccc(F)cc1. The van der Waals surface area contributed by atoms with E-state index in [0.29, 0.717) is 17.5 Å². The van der Waals surface area contributed by atoms with Crippen molar-refractivity contribution in [3.63, 3.8) is 0 Å². The summed E-state index contributed by atoms with van der Waals surface area (Å²) in [5.41, 5.74) is 2.46. The minimum atomic E-state index is -1.33. The summed E-state index contributed by atoms with van der Waals surface area (Å²) in [6, 6.07) is 16.8. The van der Waals surface area contributed by atoms with Crippen LogP contribution in [-0.4, -0.2) is 29.2 Å². The van der Waals surface area contributed by atoms with Crippen LogP contribution in [0.4, 0.5) is 4.39 Å². The van der Waals surface area contributed by atoms with Crippen molar-refractivity contribution in [2.75, 3.05) is 6.61 Å². The summed E-state index contributed by atoms with van der Waals surface area (Å²) >= 11 is 0. The Morgan fingerprint density at radius 2 is 1.74 bits per heavy atom. The zero-order valence-corrected chi connectivity index (χ0v) is 16.9. The Morgan fingerprint density at radius 3 is 2.39 bits per heavy atom. The normalized spacial score (nSPS) is 11.2. The molecule has 6 heteroatoms. The predicted molar refractivity (Wildman–Crippen MR) is 113 cm³/mol. The van der Waals surface area contributed by atoms with Crippen LogP contribution in [0, 0.1) is 17.7 Å². The Hall–Kier alpha value is -3.98. The number of nitrogens with zero attached hydrogens (tertiary/aromatic N) is 1. The molecule has 31 heavy (non-hydrogen) atoms. The van der Waals surface area contributed by atoms with Crippen LogP contribution in [0.15, 0.2) is 66.9 Å². The van der Waals surface area contributed by atoms with E-state index in [1.54, 1.807) is 35.9 Å². The van der Waals surface area contributed by atoms with Gasteiger partial charge in [0.1, 0.15) is 18.0 Å². The molecule has 5 nitrogen and oxygen atoms in total. The molecule has 0 fully saturated rings. The largest absolute Gasteiger partial charge is 0.460 e. The Balaban J connectivity index is 1.99. The first-order valence-corrected chi connectivity index (χ1v) is 9.69. The van der Waals surface area contributed by atoms with E-state index in [0.717, 1.165) is 11.1 Å². The van der Waals surface area contributed by atoms with Crippen molar-refractivity contribution in [2.45, 2.75) is 19.4 Å². The fraction of sp³-hybridized carbons (Fsp3) is 0.160. The topological polar surface area (TPSA) is 65.4 Å². The summed E-state index contributed by atoms with van der Waals surface area (Å²) in [4.78, 5) is 36.2. The van der Waals surface area contributed by atoms with Gasteiger partial charge in [0.25, 0.3) is 5.78 Å². The third-order valence-electron chi connectivity index (χ3n) is 4.53. The number of halogens is 1. The standard InChI is InChI=1S/C25H20FNO4/c1-2-31-25(30)24(29)22(17-28)23-14-20(9-8-18-6-4-3-5-7-18)16-27(23)15-19-10-12-21(26)13-11-19/h3-7,10-14,16-17,22H,2,15H2,1H3. The fourth-order valence-electron chi connectivity index (χ4n) is 3.04. The Morgan fingerprint density at radius 1 is 1.06 bits per heavy atom. The van der Waals surface area contributed by atoms with Crippen molar-refractivity contribution in [1.29, 1.82) is 0 Å². The molecule has 0 radical (unpaired) electrons. The van der Waals surface area contributed by atoms with Crippen molar-refractivity contribution < 1.29 is 23.5 Å². The minimum absolute atomic E-state index is 0.0283. The van der Waals surface area contributed by atoms with E-state index < -0.39 is 17.7 Å². The van der Waals surface area contributed by atoms with Crippen LogP contribution >= 0.6 is 0 Å². The second-order valence-corrected chi connectivity index (χ2v) is 6.72. The highest BCUT2D eigenvalue weighted by atomic mass is 19.1. The molecule has 0 bridgehead atoms. The number of carbonyl (C=O) groups excluding carboxylic acids is 3. The van der Waals surface area contributed by atoms with Gasteiger partial charge in [-0.05, 0) is 42.8 Å². The van der Waals surface area contributed by atoms with Crippen molar-refractivity contribution >= 4 is 18.0 Å². The first-order valence-electron chi connectivity index (χ1n) is 9.69. The predicted octanol–water partition coefficient (Wildman–Crippen LogP) is 3.49. The lowest BCUT2D eigenvalue weighted by Gasteiger charge is -2.13. The maximum atomic E-state index is 13.3. The first-order chi connectivity index (χ1) is 15.0. The summed E-state index contributed by atoms with van der Waals surface area (Å²) in [7, 11) is 0. The van der Waals surface area contributed by atoms with Gasteiger partial charge in [0.05, 0.1) is 6.61 Å². The lowest BCUT2D eigenvalue weighted by Crippen LogP contribution is -2.27. The van der Waals surface area contributed by atoms with Gasteiger partial charge < -0.3 is 14.1 Å². The molecule has 2 aromatic carbocycles. The van der Waals surface area contributed by atoms with Crippen LogP contribution in [-0.2, 0) is 25.7 Å². The number of carbonyl (C=O) groups is 3. The number of ether oxygens (including phenoxy) is 1. The summed E-state index contributed by atoms with van der Waals surface area (Å²) in [6.45, 7) is 1.87. The van der Waals surface area contributed by atoms with E-state index in [1.807, 2.05) is 30.3 Å². The Kier molecular flexibility index (Phi) is 7.13. The summed E-state index contributed by atoms with van der Waals surface area (Å²) < 4.78 is 19.7. The van der Waals surface area contributed by atoms with Gasteiger partial charge in [0, 0.05) is 29.6 Å². The highest BCUT2D eigenvalue weighted by molar-refractivity contribution is 6.38. The zero-order valence-electron chi connectivity index (χ0n) is 16.9. The van der Waals surface area contributed by atoms with E-state index in [4.69, 9.17) is 4.74 Å². The van der Waals surface area contributed by atoms with Gasteiger partial charge in [0.2, 0.25) is 0 Å². The summed E-state index contributed by atoms with van der Waals surface area (Å²) in [6.07, 6.45) is 2.12. The van der Waals surface area contributed by atoms with Crippen LogP contribution in [0.2, 0.25) is 0 Å². The quantitative estimate of drug-likeness (QED) is 0.194. The van der Waals surface area contributed by atoms with Crippen molar-refractivity contribution in [2.24, 2.45) is 0 Å². The molecule has 1 unspecified atom stereocenters. The highest BCUT2D eigenvalue weighted by Crippen LogP contribution is 2.21. The number of aldehydes is 1. The fourth-order valence-corrected chi connectivity index (χ4v) is 3.04. The van der Waals surface area contributed by atoms with Crippen molar-refractivity contribution in [1.82, 2.24) is 4.57 Å². The second-order valence-electron chi connectivity index (χ2n) is 6.72. The van der Waals surface area contributed by atoms with Crippen LogP contribution in [0.5, 0.6) is 0 Å². The molecule has 0 amide bonds. The molecule has 0 N–H and O–H groups in total. The van der Waals surface area contributed by atoms with Crippen molar-refractivity contribution in [3.8, 4) is 11.8 Å². The monoisotopic (exact) mass is 417 g/mol. The van der Waals surface area contributed by atoms with Gasteiger partial charge in [-0.3, -0.25) is 4.79 Å². The van der Waals surface area contributed by atoms with Gasteiger partial charge in [0.15, 0.2) is 0 Å². The molecule has 0 aliphatic rings. The zero-order chi connectivity index (χ0) is 22.2. The third-order valence-corrected chi connectivity index (χ3v) is 4.53. The molecule has 0 spiro atoms. The van der Waals surface area contributed by atoms with E-state index in [9.17, 15) is 18.8 Å². The van der Waals surface area contributed by atoms with Gasteiger partial charge in [-0.2, -0.15) is 0 Å². The number of rotatable bonds is 7. The Bertz CT molecular complexity index is 1140. The van der Waals surface area contributed by atoms with E-state index >= 15 is 0 Å². The summed E-state index contributed by atoms with van der Waals surface area (Å²) in [5.74, 6) is 2.34. The Labute approximate surface area is 179 Å². The lowest BCUT2D eigenvalue weighted by molar-refractivity contribution is -0.154. The smallest absolute Gasteiger partial charge is 0.375 e. The molecular weight excluding hydrogens is 397 g/mol. The van der Waals surface area contributed by atoms with E-state index in [1.165, 1.54) is 12.1 Å². The molecule has 0 saturated heterocycles. The maximum Gasteiger partial charge on any atom is 0.375 e. The number of hydrogen-bond acceptors (Lipinski definition) is 4. The second kappa shape index (κ2) is 10.2. The maximum absolute atomic E-state index is 13.3. The van der Waals surface area contributed by atoms with Crippen LogP contribution in [0.25, 0.3) is 0 Å². The third kappa shape index (κ3) is 5.55. The number of benzene rings is 2.